The predicted octanol–water partition coefficient (Wildman–Crippen LogP) is 4.34. The van der Waals surface area contributed by atoms with Crippen LogP contribution in [-0.2, 0) is 11.4 Å². The van der Waals surface area contributed by atoms with Crippen molar-refractivity contribution < 1.29 is 9.53 Å². The molecule has 0 aromatic heterocycles. The number of ether oxygens (including phenoxy) is 1. The third-order valence-electron chi connectivity index (χ3n) is 4.13. The lowest BCUT2D eigenvalue weighted by atomic mass is 10.1. The van der Waals surface area contributed by atoms with Crippen LogP contribution in [0.5, 0.6) is 5.75 Å². The maximum atomic E-state index is 12.2. The summed E-state index contributed by atoms with van der Waals surface area (Å²) in [6, 6.07) is 13.2. The van der Waals surface area contributed by atoms with Crippen LogP contribution in [0, 0.1) is 6.92 Å². The minimum atomic E-state index is -0.0804. The topological polar surface area (TPSA) is 50.4 Å². The van der Waals surface area contributed by atoms with E-state index in [1.54, 1.807) is 0 Å². The van der Waals surface area contributed by atoms with Crippen molar-refractivity contribution in [3.63, 3.8) is 0 Å². The van der Waals surface area contributed by atoms with Crippen LogP contribution in [0.3, 0.4) is 0 Å². The summed E-state index contributed by atoms with van der Waals surface area (Å²) >= 11 is 5.97. The summed E-state index contributed by atoms with van der Waals surface area (Å²) in [6.45, 7) is 3.33. The molecular formula is C19H22Cl2N2O2. The van der Waals surface area contributed by atoms with Crippen LogP contribution in [0.1, 0.15) is 24.0 Å². The molecule has 134 valence electrons. The fraction of sp³-hybridized carbons (Fsp3) is 0.316. The summed E-state index contributed by atoms with van der Waals surface area (Å²) in [5.41, 5.74) is 2.82. The Balaban J connectivity index is 0.00000225. The van der Waals surface area contributed by atoms with Crippen LogP contribution in [0.25, 0.3) is 0 Å². The van der Waals surface area contributed by atoms with Crippen LogP contribution in [0.15, 0.2) is 42.5 Å². The van der Waals surface area contributed by atoms with Crippen LogP contribution in [0.4, 0.5) is 5.69 Å². The van der Waals surface area contributed by atoms with Crippen molar-refractivity contribution in [1.29, 1.82) is 0 Å². The Morgan fingerprint density at radius 1 is 1.32 bits per heavy atom. The van der Waals surface area contributed by atoms with Gasteiger partial charge in [-0.25, -0.2) is 0 Å². The lowest BCUT2D eigenvalue weighted by Gasteiger charge is -2.14. The lowest BCUT2D eigenvalue weighted by molar-refractivity contribution is -0.117. The maximum Gasteiger partial charge on any atom is 0.241 e. The van der Waals surface area contributed by atoms with Crippen LogP contribution in [-0.4, -0.2) is 18.5 Å². The third kappa shape index (κ3) is 5.36. The smallest absolute Gasteiger partial charge is 0.241 e. The number of amides is 1. The Morgan fingerprint density at radius 3 is 2.84 bits per heavy atom. The number of carbonyl (C=O) groups is 1. The van der Waals surface area contributed by atoms with Crippen LogP contribution in [0.2, 0.25) is 5.02 Å². The van der Waals surface area contributed by atoms with Gasteiger partial charge in [0.25, 0.3) is 0 Å². The fourth-order valence-corrected chi connectivity index (χ4v) is 3.00. The molecular weight excluding hydrogens is 359 g/mol. The molecule has 1 fully saturated rings. The van der Waals surface area contributed by atoms with Crippen LogP contribution < -0.4 is 15.4 Å². The number of rotatable bonds is 5. The first-order chi connectivity index (χ1) is 11.6. The van der Waals surface area contributed by atoms with E-state index in [4.69, 9.17) is 16.3 Å². The first-order valence-corrected chi connectivity index (χ1v) is 8.52. The van der Waals surface area contributed by atoms with Gasteiger partial charge in [0.15, 0.2) is 0 Å². The number of anilines is 1. The monoisotopic (exact) mass is 380 g/mol. The van der Waals surface area contributed by atoms with Gasteiger partial charge in [0.2, 0.25) is 5.91 Å². The van der Waals surface area contributed by atoms with Crippen molar-refractivity contribution >= 4 is 35.6 Å². The minimum Gasteiger partial charge on any atom is -0.489 e. The van der Waals surface area contributed by atoms with E-state index in [0.29, 0.717) is 11.6 Å². The molecule has 1 aliphatic heterocycles. The second-order valence-corrected chi connectivity index (χ2v) is 6.47. The zero-order chi connectivity index (χ0) is 16.9. The number of carbonyl (C=O) groups excluding carboxylic acids is 1. The zero-order valence-electron chi connectivity index (χ0n) is 14.0. The summed E-state index contributed by atoms with van der Waals surface area (Å²) in [5.74, 6) is 0.799. The van der Waals surface area contributed by atoms with E-state index in [2.05, 4.69) is 10.6 Å². The summed E-state index contributed by atoms with van der Waals surface area (Å²) in [5, 5.41) is 6.89. The first-order valence-electron chi connectivity index (χ1n) is 8.14. The number of nitrogens with one attached hydrogen (secondary N) is 2. The van der Waals surface area contributed by atoms with Crippen molar-refractivity contribution in [1.82, 2.24) is 5.32 Å². The van der Waals surface area contributed by atoms with Crippen molar-refractivity contribution in [3.05, 3.63) is 58.6 Å². The van der Waals surface area contributed by atoms with Crippen molar-refractivity contribution in [2.75, 3.05) is 11.9 Å². The van der Waals surface area contributed by atoms with Gasteiger partial charge in [0.1, 0.15) is 12.4 Å². The molecule has 1 amide bonds. The number of hydrogen-bond donors (Lipinski definition) is 2. The van der Waals surface area contributed by atoms with Gasteiger partial charge in [-0.3, -0.25) is 4.79 Å². The molecule has 1 atom stereocenters. The normalized spacial score (nSPS) is 16.2. The molecule has 1 unspecified atom stereocenters. The second-order valence-electron chi connectivity index (χ2n) is 6.03. The average molecular weight is 381 g/mol. The summed E-state index contributed by atoms with van der Waals surface area (Å²) in [4.78, 5) is 12.2. The van der Waals surface area contributed by atoms with E-state index >= 15 is 0 Å². The summed E-state index contributed by atoms with van der Waals surface area (Å²) < 4.78 is 5.80. The molecule has 0 spiro atoms. The standard InChI is InChI=1S/C19H21ClN2O2.ClH/c1-13-10-16(24-12-14-4-2-5-15(20)11-14)7-8-17(13)22-19(23)18-6-3-9-21-18;/h2,4-5,7-8,10-11,18,21H,3,6,9,12H2,1H3,(H,22,23);1H. The van der Waals surface area contributed by atoms with Gasteiger partial charge in [-0.2, -0.15) is 0 Å². The molecule has 0 radical (unpaired) electrons. The van der Waals surface area contributed by atoms with Gasteiger partial charge in [-0.1, -0.05) is 23.7 Å². The molecule has 4 nitrogen and oxygen atoms in total. The quantitative estimate of drug-likeness (QED) is 0.810. The molecule has 1 heterocycles. The highest BCUT2D eigenvalue weighted by Crippen LogP contribution is 2.23. The van der Waals surface area contributed by atoms with Gasteiger partial charge >= 0.3 is 0 Å². The highest BCUT2D eigenvalue weighted by molar-refractivity contribution is 6.30. The van der Waals surface area contributed by atoms with Crippen molar-refractivity contribution in [3.8, 4) is 5.75 Å². The van der Waals surface area contributed by atoms with Gasteiger partial charge in [-0.15, -0.1) is 12.4 Å². The van der Waals surface area contributed by atoms with E-state index in [1.807, 2.05) is 49.4 Å². The van der Waals surface area contributed by atoms with Crippen LogP contribution >= 0.6 is 24.0 Å². The number of hydrogen-bond acceptors (Lipinski definition) is 3. The van der Waals surface area contributed by atoms with Gasteiger partial charge in [0, 0.05) is 10.7 Å². The largest absolute Gasteiger partial charge is 0.489 e. The van der Waals surface area contributed by atoms with Gasteiger partial charge < -0.3 is 15.4 Å². The SMILES string of the molecule is Cc1cc(OCc2cccc(Cl)c2)ccc1NC(=O)C1CCCN1.Cl. The second kappa shape index (κ2) is 9.09. The predicted molar refractivity (Wildman–Crippen MR) is 104 cm³/mol. The molecule has 1 aliphatic rings. The first kappa shape index (κ1) is 19.6. The molecule has 2 aromatic rings. The summed E-state index contributed by atoms with van der Waals surface area (Å²) in [7, 11) is 0. The molecule has 3 rings (SSSR count). The molecule has 0 saturated carbocycles. The highest BCUT2D eigenvalue weighted by atomic mass is 35.5. The van der Waals surface area contributed by atoms with Crippen molar-refractivity contribution in [2.24, 2.45) is 0 Å². The molecule has 25 heavy (non-hydrogen) atoms. The average Bonchev–Trinajstić information content (AvgIpc) is 3.10. The molecule has 6 heteroatoms. The molecule has 0 bridgehead atoms. The van der Waals surface area contributed by atoms with E-state index < -0.39 is 0 Å². The number of benzene rings is 2. The molecule has 0 aliphatic carbocycles. The Labute approximate surface area is 159 Å². The molecule has 1 saturated heterocycles. The maximum absolute atomic E-state index is 12.2. The third-order valence-corrected chi connectivity index (χ3v) is 4.36. The Kier molecular flexibility index (Phi) is 7.12. The highest BCUT2D eigenvalue weighted by Gasteiger charge is 2.22. The van der Waals surface area contributed by atoms with Crippen molar-refractivity contribution in [2.45, 2.75) is 32.4 Å². The Bertz CT molecular complexity index is 731. The number of aryl methyl sites for hydroxylation is 1. The van der Waals surface area contributed by atoms with E-state index in [1.165, 1.54) is 0 Å². The fourth-order valence-electron chi connectivity index (χ4n) is 2.79. The van der Waals surface area contributed by atoms with Gasteiger partial charge in [-0.05, 0) is 67.8 Å². The lowest BCUT2D eigenvalue weighted by Crippen LogP contribution is -2.35. The zero-order valence-corrected chi connectivity index (χ0v) is 15.6. The number of halogens is 2. The minimum absolute atomic E-state index is 0. The Hall–Kier alpha value is -1.75. The van der Waals surface area contributed by atoms with Gasteiger partial charge in [0.05, 0.1) is 6.04 Å². The Morgan fingerprint density at radius 2 is 2.16 bits per heavy atom. The summed E-state index contributed by atoms with van der Waals surface area (Å²) in [6.07, 6.45) is 1.94. The van der Waals surface area contributed by atoms with E-state index in [-0.39, 0.29) is 24.4 Å². The molecule has 2 aromatic carbocycles. The van der Waals surface area contributed by atoms with E-state index in [0.717, 1.165) is 42.0 Å². The van der Waals surface area contributed by atoms with E-state index in [9.17, 15) is 4.79 Å². The molecule has 2 N–H and O–H groups in total.